The molecule has 0 spiro atoms. The first-order chi connectivity index (χ1) is 11.6. The van der Waals surface area contributed by atoms with Crippen LogP contribution in [-0.4, -0.2) is 27.6 Å². The van der Waals surface area contributed by atoms with Gasteiger partial charge in [0.2, 0.25) is 0 Å². The predicted octanol–water partition coefficient (Wildman–Crippen LogP) is 3.59. The second-order valence-corrected chi connectivity index (χ2v) is 5.64. The summed E-state index contributed by atoms with van der Waals surface area (Å²) in [7, 11) is 1.66. The molecule has 0 saturated carbocycles. The topological polar surface area (TPSA) is 38.1 Å². The van der Waals surface area contributed by atoms with Gasteiger partial charge in [0.15, 0.2) is 0 Å². The molecule has 1 aromatic heterocycles. The van der Waals surface area contributed by atoms with Crippen LogP contribution < -0.4 is 0 Å². The second kappa shape index (κ2) is 6.66. The third-order valence-electron chi connectivity index (χ3n) is 3.95. The molecular weight excluding hydrogens is 305 g/mol. The Morgan fingerprint density at radius 3 is 2.50 bits per heavy atom. The minimum atomic E-state index is -0.311. The maximum atomic E-state index is 13.8. The molecule has 0 radical (unpaired) electrons. The number of hydrogen-bond donors (Lipinski definition) is 0. The number of hydrogen-bond acceptors (Lipinski definition) is 2. The van der Waals surface area contributed by atoms with Crippen molar-refractivity contribution in [2.75, 3.05) is 7.05 Å². The zero-order valence-corrected chi connectivity index (χ0v) is 13.6. The van der Waals surface area contributed by atoms with Crippen molar-refractivity contribution in [3.8, 4) is 5.69 Å². The van der Waals surface area contributed by atoms with E-state index >= 15 is 0 Å². The van der Waals surface area contributed by atoms with Gasteiger partial charge in [0.1, 0.15) is 5.82 Å². The number of amides is 1. The van der Waals surface area contributed by atoms with Gasteiger partial charge < -0.3 is 4.90 Å². The molecule has 3 aromatic rings. The molecule has 3 rings (SSSR count). The zero-order chi connectivity index (χ0) is 17.1. The number of aromatic nitrogens is 2. The fraction of sp³-hybridized carbons (Fsp3) is 0.158. The third kappa shape index (κ3) is 3.06. The number of carbonyl (C=O) groups is 1. The molecule has 0 fully saturated rings. The van der Waals surface area contributed by atoms with Crippen LogP contribution in [0.4, 0.5) is 4.39 Å². The summed E-state index contributed by atoms with van der Waals surface area (Å²) in [6, 6.07) is 16.1. The molecule has 4 nitrogen and oxygen atoms in total. The van der Waals surface area contributed by atoms with E-state index in [-0.39, 0.29) is 18.3 Å². The first kappa shape index (κ1) is 15.9. The lowest BCUT2D eigenvalue weighted by atomic mass is 10.1. The van der Waals surface area contributed by atoms with E-state index in [0.717, 1.165) is 11.4 Å². The van der Waals surface area contributed by atoms with Crippen molar-refractivity contribution >= 4 is 5.91 Å². The van der Waals surface area contributed by atoms with Crippen LogP contribution in [0.15, 0.2) is 60.8 Å². The molecule has 2 aromatic carbocycles. The number of halogens is 1. The van der Waals surface area contributed by atoms with E-state index in [1.807, 2.05) is 37.3 Å². The maximum Gasteiger partial charge on any atom is 0.257 e. The Morgan fingerprint density at radius 1 is 1.12 bits per heavy atom. The fourth-order valence-corrected chi connectivity index (χ4v) is 2.61. The van der Waals surface area contributed by atoms with Crippen LogP contribution in [0.25, 0.3) is 5.69 Å². The summed E-state index contributed by atoms with van der Waals surface area (Å²) < 4.78 is 15.5. The average molecular weight is 323 g/mol. The predicted molar refractivity (Wildman–Crippen MR) is 90.5 cm³/mol. The Bertz CT molecular complexity index is 858. The van der Waals surface area contributed by atoms with E-state index in [2.05, 4.69) is 5.10 Å². The summed E-state index contributed by atoms with van der Waals surface area (Å²) in [5, 5.41) is 4.31. The van der Waals surface area contributed by atoms with Crippen molar-refractivity contribution in [1.29, 1.82) is 0 Å². The van der Waals surface area contributed by atoms with Gasteiger partial charge in [0, 0.05) is 19.2 Å². The summed E-state index contributed by atoms with van der Waals surface area (Å²) in [5.74, 6) is -0.494. The molecule has 24 heavy (non-hydrogen) atoms. The van der Waals surface area contributed by atoms with Gasteiger partial charge in [-0.15, -0.1) is 0 Å². The van der Waals surface area contributed by atoms with Gasteiger partial charge in [-0.2, -0.15) is 5.10 Å². The van der Waals surface area contributed by atoms with Gasteiger partial charge in [0.25, 0.3) is 5.91 Å². The van der Waals surface area contributed by atoms with Gasteiger partial charge in [-0.3, -0.25) is 4.79 Å². The van der Waals surface area contributed by atoms with Gasteiger partial charge >= 0.3 is 0 Å². The zero-order valence-electron chi connectivity index (χ0n) is 13.6. The quantitative estimate of drug-likeness (QED) is 0.736. The summed E-state index contributed by atoms with van der Waals surface area (Å²) in [4.78, 5) is 14.2. The first-order valence-electron chi connectivity index (χ1n) is 7.67. The third-order valence-corrected chi connectivity index (χ3v) is 3.95. The van der Waals surface area contributed by atoms with E-state index in [0.29, 0.717) is 11.1 Å². The van der Waals surface area contributed by atoms with Crippen LogP contribution in [0, 0.1) is 12.7 Å². The molecule has 0 aliphatic carbocycles. The molecule has 1 heterocycles. The lowest BCUT2D eigenvalue weighted by Crippen LogP contribution is -2.27. The van der Waals surface area contributed by atoms with E-state index in [1.54, 1.807) is 36.1 Å². The Balaban J connectivity index is 1.83. The van der Waals surface area contributed by atoms with Gasteiger partial charge in [0.05, 0.1) is 23.1 Å². The largest absolute Gasteiger partial charge is 0.337 e. The van der Waals surface area contributed by atoms with Crippen molar-refractivity contribution in [2.24, 2.45) is 0 Å². The molecule has 0 unspecified atom stereocenters. The van der Waals surface area contributed by atoms with E-state index in [1.165, 1.54) is 11.0 Å². The molecule has 0 N–H and O–H groups in total. The van der Waals surface area contributed by atoms with Crippen LogP contribution >= 0.6 is 0 Å². The number of carbonyl (C=O) groups excluding carboxylic acids is 1. The molecule has 5 heteroatoms. The van der Waals surface area contributed by atoms with Crippen LogP contribution in [0.1, 0.15) is 21.6 Å². The van der Waals surface area contributed by atoms with E-state index in [4.69, 9.17) is 0 Å². The highest BCUT2D eigenvalue weighted by molar-refractivity contribution is 5.95. The van der Waals surface area contributed by atoms with E-state index in [9.17, 15) is 9.18 Å². The standard InChI is InChI=1S/C19H18FN3O/c1-14-17(12-21-23(14)16-9-4-3-5-10-16)19(24)22(2)13-15-8-6-7-11-18(15)20/h3-12H,13H2,1-2H3. The highest BCUT2D eigenvalue weighted by Gasteiger charge is 2.19. The molecule has 0 aliphatic heterocycles. The average Bonchev–Trinajstić information content (AvgIpc) is 2.98. The smallest absolute Gasteiger partial charge is 0.257 e. The molecular formula is C19H18FN3O. The van der Waals surface area contributed by atoms with Gasteiger partial charge in [-0.1, -0.05) is 36.4 Å². The Labute approximate surface area is 140 Å². The van der Waals surface area contributed by atoms with Crippen LogP contribution in [-0.2, 0) is 6.54 Å². The van der Waals surface area contributed by atoms with Gasteiger partial charge in [-0.25, -0.2) is 9.07 Å². The van der Waals surface area contributed by atoms with Crippen molar-refractivity contribution in [2.45, 2.75) is 13.5 Å². The molecule has 1 amide bonds. The molecule has 0 atom stereocenters. The minimum Gasteiger partial charge on any atom is -0.337 e. The lowest BCUT2D eigenvalue weighted by Gasteiger charge is -2.17. The molecule has 122 valence electrons. The normalized spacial score (nSPS) is 10.6. The highest BCUT2D eigenvalue weighted by atomic mass is 19.1. The first-order valence-corrected chi connectivity index (χ1v) is 7.67. The highest BCUT2D eigenvalue weighted by Crippen LogP contribution is 2.17. The molecule has 0 aliphatic rings. The Hall–Kier alpha value is -2.95. The lowest BCUT2D eigenvalue weighted by molar-refractivity contribution is 0.0783. The Kier molecular flexibility index (Phi) is 4.42. The van der Waals surface area contributed by atoms with Crippen molar-refractivity contribution in [1.82, 2.24) is 14.7 Å². The van der Waals surface area contributed by atoms with Crippen molar-refractivity contribution in [3.05, 3.63) is 83.4 Å². The monoisotopic (exact) mass is 323 g/mol. The molecule has 0 bridgehead atoms. The summed E-state index contributed by atoms with van der Waals surface area (Å²) >= 11 is 0. The maximum absolute atomic E-state index is 13.8. The van der Waals surface area contributed by atoms with Crippen LogP contribution in [0.2, 0.25) is 0 Å². The number of rotatable bonds is 4. The number of benzene rings is 2. The number of nitrogens with zero attached hydrogens (tertiary/aromatic N) is 3. The molecule has 0 saturated heterocycles. The SMILES string of the molecule is Cc1c(C(=O)N(C)Cc2ccccc2F)cnn1-c1ccccc1. The summed E-state index contributed by atoms with van der Waals surface area (Å²) in [6.07, 6.45) is 1.56. The fourth-order valence-electron chi connectivity index (χ4n) is 2.61. The van der Waals surface area contributed by atoms with Gasteiger partial charge in [-0.05, 0) is 25.1 Å². The second-order valence-electron chi connectivity index (χ2n) is 5.64. The van der Waals surface area contributed by atoms with E-state index < -0.39 is 0 Å². The van der Waals surface area contributed by atoms with Crippen LogP contribution in [0.3, 0.4) is 0 Å². The number of para-hydroxylation sites is 1. The van der Waals surface area contributed by atoms with Crippen molar-refractivity contribution in [3.63, 3.8) is 0 Å². The summed E-state index contributed by atoms with van der Waals surface area (Å²) in [5.41, 5.74) is 2.65. The van der Waals surface area contributed by atoms with Crippen LogP contribution in [0.5, 0.6) is 0 Å². The summed E-state index contributed by atoms with van der Waals surface area (Å²) in [6.45, 7) is 2.06. The van der Waals surface area contributed by atoms with Crippen molar-refractivity contribution < 1.29 is 9.18 Å². The Morgan fingerprint density at radius 2 is 1.79 bits per heavy atom. The minimum absolute atomic E-state index is 0.182.